The van der Waals surface area contributed by atoms with Crippen LogP contribution < -0.4 is 14.7 Å². The molecule has 0 saturated carbocycles. The third-order valence-corrected chi connectivity index (χ3v) is 7.44. The normalized spacial score (nSPS) is 17.8. The van der Waals surface area contributed by atoms with Gasteiger partial charge in [-0.15, -0.1) is 0 Å². The van der Waals surface area contributed by atoms with E-state index in [1.165, 1.54) is 6.07 Å². The molecule has 0 aliphatic carbocycles. The van der Waals surface area contributed by atoms with E-state index in [4.69, 9.17) is 0 Å². The molecule has 0 bridgehead atoms. The minimum absolute atomic E-state index is 0.0213. The minimum atomic E-state index is -4.43. The lowest BCUT2D eigenvalue weighted by Crippen LogP contribution is -2.55. The molecule has 39 heavy (non-hydrogen) atoms. The van der Waals surface area contributed by atoms with Gasteiger partial charge in [-0.2, -0.15) is 18.3 Å². The molecule has 2 aromatic heterocycles. The van der Waals surface area contributed by atoms with Crippen molar-refractivity contribution in [3.8, 4) is 0 Å². The number of benzene rings is 1. The summed E-state index contributed by atoms with van der Waals surface area (Å²) in [5, 5.41) is 4.31. The van der Waals surface area contributed by atoms with Gasteiger partial charge in [0, 0.05) is 64.7 Å². The maximum absolute atomic E-state index is 14.0. The van der Waals surface area contributed by atoms with E-state index in [2.05, 4.69) is 20.0 Å². The molecule has 0 N–H and O–H groups in total. The summed E-state index contributed by atoms with van der Waals surface area (Å²) in [6.07, 6.45) is 1.06. The average molecular weight is 543 g/mol. The van der Waals surface area contributed by atoms with Crippen molar-refractivity contribution in [1.29, 1.82) is 0 Å². The summed E-state index contributed by atoms with van der Waals surface area (Å²) in [4.78, 5) is 29.5. The van der Waals surface area contributed by atoms with Gasteiger partial charge < -0.3 is 19.6 Å². The van der Waals surface area contributed by atoms with Crippen LogP contribution in [0.5, 0.6) is 0 Å². The van der Waals surface area contributed by atoms with E-state index in [1.807, 2.05) is 43.8 Å². The number of fused-ring (bicyclic) bond motifs is 1. The second-order valence-corrected chi connectivity index (χ2v) is 10.4. The van der Waals surface area contributed by atoms with Gasteiger partial charge in [-0.1, -0.05) is 0 Å². The van der Waals surface area contributed by atoms with Crippen molar-refractivity contribution < 1.29 is 18.0 Å². The summed E-state index contributed by atoms with van der Waals surface area (Å²) in [6.45, 7) is 6.33. The number of amides is 1. The van der Waals surface area contributed by atoms with Gasteiger partial charge in [-0.05, 0) is 49.6 Å². The SMILES string of the molecule is Cc1ccn(CC(=O)N2CCN(c3ccc(C(F)(F)F)c4c3CN(c3cnc(N(C)C)nc3)CC4)CC2C)n1. The van der Waals surface area contributed by atoms with Crippen LogP contribution in [0.4, 0.5) is 30.5 Å². The van der Waals surface area contributed by atoms with Crippen molar-refractivity contribution in [3.63, 3.8) is 0 Å². The van der Waals surface area contributed by atoms with Gasteiger partial charge in [-0.25, -0.2) is 9.97 Å². The van der Waals surface area contributed by atoms with Crippen molar-refractivity contribution in [2.24, 2.45) is 0 Å². The summed E-state index contributed by atoms with van der Waals surface area (Å²) in [7, 11) is 3.70. The van der Waals surface area contributed by atoms with Crippen molar-refractivity contribution in [2.75, 3.05) is 55.0 Å². The monoisotopic (exact) mass is 542 g/mol. The highest BCUT2D eigenvalue weighted by Gasteiger charge is 2.38. The standard InChI is InChI=1S/C27H33F3N8O/c1-18-7-10-37(33-18)17-25(39)38-12-11-36(15-19(38)2)24-6-5-23(27(28,29)30)21-8-9-35(16-22(21)24)20-13-31-26(32-14-20)34(3)4/h5-7,10,13-14,19H,8-9,11-12,15-17H2,1-4H3. The highest BCUT2D eigenvalue weighted by Crippen LogP contribution is 2.40. The van der Waals surface area contributed by atoms with Gasteiger partial charge in [-0.3, -0.25) is 9.48 Å². The Labute approximate surface area is 225 Å². The number of carbonyl (C=O) groups excluding carboxylic acids is 1. The van der Waals surface area contributed by atoms with Crippen LogP contribution in [0.3, 0.4) is 0 Å². The molecule has 1 saturated heterocycles. The molecule has 5 rings (SSSR count). The number of halogens is 3. The number of aryl methyl sites for hydroxylation is 1. The number of hydrogen-bond donors (Lipinski definition) is 0. The topological polar surface area (TPSA) is 73.6 Å². The first-order valence-corrected chi connectivity index (χ1v) is 13.0. The molecule has 1 fully saturated rings. The third kappa shape index (κ3) is 5.50. The Bertz CT molecular complexity index is 1340. The predicted octanol–water partition coefficient (Wildman–Crippen LogP) is 3.37. The zero-order valence-electron chi connectivity index (χ0n) is 22.6. The molecule has 1 unspecified atom stereocenters. The number of alkyl halides is 3. The number of rotatable bonds is 5. The summed E-state index contributed by atoms with van der Waals surface area (Å²) in [6, 6.07) is 4.55. The van der Waals surface area contributed by atoms with E-state index in [0.29, 0.717) is 49.8 Å². The Morgan fingerprint density at radius 3 is 2.41 bits per heavy atom. The maximum atomic E-state index is 14.0. The lowest BCUT2D eigenvalue weighted by atomic mass is 9.91. The Morgan fingerprint density at radius 1 is 1.05 bits per heavy atom. The lowest BCUT2D eigenvalue weighted by Gasteiger charge is -2.43. The van der Waals surface area contributed by atoms with Crippen LogP contribution in [0.15, 0.2) is 36.8 Å². The number of aromatic nitrogens is 4. The first-order valence-electron chi connectivity index (χ1n) is 13.0. The van der Waals surface area contributed by atoms with Gasteiger partial charge >= 0.3 is 6.18 Å². The number of carbonyl (C=O) groups is 1. The molecule has 4 heterocycles. The molecule has 12 heteroatoms. The minimum Gasteiger partial charge on any atom is -0.367 e. The average Bonchev–Trinajstić information content (AvgIpc) is 3.31. The van der Waals surface area contributed by atoms with E-state index >= 15 is 0 Å². The molecule has 0 spiro atoms. The second-order valence-electron chi connectivity index (χ2n) is 10.4. The van der Waals surface area contributed by atoms with Crippen LogP contribution in [0.2, 0.25) is 0 Å². The molecular formula is C27H33F3N8O. The maximum Gasteiger partial charge on any atom is 0.416 e. The van der Waals surface area contributed by atoms with Gasteiger partial charge in [0.2, 0.25) is 11.9 Å². The molecule has 0 radical (unpaired) electrons. The van der Waals surface area contributed by atoms with Crippen molar-refractivity contribution in [3.05, 3.63) is 59.2 Å². The summed E-state index contributed by atoms with van der Waals surface area (Å²) in [5.41, 5.74) is 2.86. The lowest BCUT2D eigenvalue weighted by molar-refractivity contribution is -0.138. The van der Waals surface area contributed by atoms with Crippen molar-refractivity contribution in [1.82, 2.24) is 24.6 Å². The van der Waals surface area contributed by atoms with Crippen LogP contribution in [0, 0.1) is 6.92 Å². The van der Waals surface area contributed by atoms with Crippen LogP contribution in [-0.2, 0) is 30.5 Å². The zero-order chi connectivity index (χ0) is 27.9. The highest BCUT2D eigenvalue weighted by atomic mass is 19.4. The van der Waals surface area contributed by atoms with Crippen LogP contribution >= 0.6 is 0 Å². The fourth-order valence-corrected chi connectivity index (χ4v) is 5.48. The van der Waals surface area contributed by atoms with Gasteiger partial charge in [0.05, 0.1) is 29.3 Å². The third-order valence-electron chi connectivity index (χ3n) is 7.44. The Hall–Kier alpha value is -3.83. The summed E-state index contributed by atoms with van der Waals surface area (Å²) in [5.74, 6) is 0.548. The van der Waals surface area contributed by atoms with Gasteiger partial charge in [0.25, 0.3) is 0 Å². The van der Waals surface area contributed by atoms with E-state index in [-0.39, 0.29) is 24.9 Å². The molecule has 2 aliphatic heterocycles. The number of piperazine rings is 1. The zero-order valence-corrected chi connectivity index (χ0v) is 22.6. The Kier molecular flexibility index (Phi) is 7.13. The van der Waals surface area contributed by atoms with Crippen LogP contribution in [0.25, 0.3) is 0 Å². The van der Waals surface area contributed by atoms with Gasteiger partial charge in [0.1, 0.15) is 6.54 Å². The molecule has 1 aromatic carbocycles. The second kappa shape index (κ2) is 10.4. The molecule has 1 amide bonds. The summed E-state index contributed by atoms with van der Waals surface area (Å²) < 4.78 is 43.5. The molecule has 3 aromatic rings. The number of hydrogen-bond acceptors (Lipinski definition) is 7. The fourth-order valence-electron chi connectivity index (χ4n) is 5.48. The van der Waals surface area contributed by atoms with Crippen LogP contribution in [-0.4, -0.2) is 76.9 Å². The largest absolute Gasteiger partial charge is 0.416 e. The molecule has 1 atom stereocenters. The first kappa shape index (κ1) is 26.8. The molecule has 2 aliphatic rings. The Morgan fingerprint density at radius 2 is 1.79 bits per heavy atom. The van der Waals surface area contributed by atoms with E-state index in [9.17, 15) is 18.0 Å². The van der Waals surface area contributed by atoms with E-state index in [1.54, 1.807) is 34.2 Å². The quantitative estimate of drug-likeness (QED) is 0.490. The summed E-state index contributed by atoms with van der Waals surface area (Å²) >= 11 is 0. The van der Waals surface area contributed by atoms with Crippen molar-refractivity contribution >= 4 is 23.2 Å². The number of anilines is 3. The van der Waals surface area contributed by atoms with Crippen molar-refractivity contribution in [2.45, 2.75) is 45.6 Å². The first-order chi connectivity index (χ1) is 18.5. The van der Waals surface area contributed by atoms with E-state index in [0.717, 1.165) is 17.1 Å². The van der Waals surface area contributed by atoms with Crippen LogP contribution in [0.1, 0.15) is 29.3 Å². The van der Waals surface area contributed by atoms with E-state index < -0.39 is 11.7 Å². The Balaban J connectivity index is 1.39. The fraction of sp³-hybridized carbons (Fsp3) is 0.481. The smallest absolute Gasteiger partial charge is 0.367 e. The number of nitrogens with zero attached hydrogens (tertiary/aromatic N) is 8. The molecule has 9 nitrogen and oxygen atoms in total. The predicted molar refractivity (Wildman–Crippen MR) is 143 cm³/mol. The van der Waals surface area contributed by atoms with Gasteiger partial charge in [0.15, 0.2) is 0 Å². The molecular weight excluding hydrogens is 509 g/mol. The highest BCUT2D eigenvalue weighted by molar-refractivity contribution is 5.77. The molecule has 208 valence electrons.